The number of nitrogens with zero attached hydrogens (tertiary/aromatic N) is 3. The molecule has 0 aromatic carbocycles. The third-order valence-corrected chi connectivity index (χ3v) is 2.71. The van der Waals surface area contributed by atoms with Gasteiger partial charge in [0.1, 0.15) is 6.54 Å². The fourth-order valence-electron chi connectivity index (χ4n) is 1.89. The monoisotopic (exact) mass is 236 g/mol. The summed E-state index contributed by atoms with van der Waals surface area (Å²) in [5.41, 5.74) is 1.58. The SMILES string of the molecule is CC(C)c1nn(C)cc1N1CC(=O)NCC1=O. The Morgan fingerprint density at radius 3 is 2.76 bits per heavy atom. The molecule has 2 rings (SSSR count). The van der Waals surface area contributed by atoms with Crippen molar-refractivity contribution in [3.8, 4) is 0 Å². The molecule has 1 aromatic heterocycles. The minimum absolute atomic E-state index is 0.0608. The van der Waals surface area contributed by atoms with Crippen LogP contribution in [0.3, 0.4) is 0 Å². The number of aryl methyl sites for hydroxylation is 1. The van der Waals surface area contributed by atoms with E-state index in [1.54, 1.807) is 10.9 Å². The lowest BCUT2D eigenvalue weighted by molar-refractivity contribution is -0.128. The number of piperazine rings is 1. The Kier molecular flexibility index (Phi) is 2.87. The van der Waals surface area contributed by atoms with Crippen molar-refractivity contribution in [1.29, 1.82) is 0 Å². The van der Waals surface area contributed by atoms with E-state index >= 15 is 0 Å². The first-order valence-corrected chi connectivity index (χ1v) is 5.59. The molecule has 1 fully saturated rings. The zero-order valence-electron chi connectivity index (χ0n) is 10.2. The lowest BCUT2D eigenvalue weighted by Gasteiger charge is -2.26. The van der Waals surface area contributed by atoms with Crippen LogP contribution < -0.4 is 10.2 Å². The summed E-state index contributed by atoms with van der Waals surface area (Å²) in [5, 5.41) is 6.87. The van der Waals surface area contributed by atoms with Gasteiger partial charge < -0.3 is 5.32 Å². The zero-order chi connectivity index (χ0) is 12.6. The molecule has 0 spiro atoms. The van der Waals surface area contributed by atoms with E-state index in [-0.39, 0.29) is 30.8 Å². The van der Waals surface area contributed by atoms with Crippen LogP contribution in [-0.4, -0.2) is 34.7 Å². The Labute approximate surface area is 99.6 Å². The predicted molar refractivity (Wildman–Crippen MR) is 62.7 cm³/mol. The van der Waals surface area contributed by atoms with Crippen LogP contribution in [-0.2, 0) is 16.6 Å². The topological polar surface area (TPSA) is 67.2 Å². The highest BCUT2D eigenvalue weighted by Gasteiger charge is 2.28. The summed E-state index contributed by atoms with van der Waals surface area (Å²) in [6.07, 6.45) is 1.78. The van der Waals surface area contributed by atoms with Crippen LogP contribution in [0.5, 0.6) is 0 Å². The molecular formula is C11H16N4O2. The van der Waals surface area contributed by atoms with Crippen LogP contribution >= 0.6 is 0 Å². The van der Waals surface area contributed by atoms with Crippen molar-refractivity contribution < 1.29 is 9.59 Å². The maximum absolute atomic E-state index is 11.8. The lowest BCUT2D eigenvalue weighted by atomic mass is 10.1. The zero-order valence-corrected chi connectivity index (χ0v) is 10.2. The Bertz CT molecular complexity index is 464. The predicted octanol–water partition coefficient (Wildman–Crippen LogP) is 0.00630. The van der Waals surface area contributed by atoms with Gasteiger partial charge in [-0.2, -0.15) is 5.10 Å². The smallest absolute Gasteiger partial charge is 0.246 e. The second kappa shape index (κ2) is 4.20. The Morgan fingerprint density at radius 2 is 2.12 bits per heavy atom. The van der Waals surface area contributed by atoms with Crippen LogP contribution in [0.1, 0.15) is 25.5 Å². The molecule has 0 atom stereocenters. The summed E-state index contributed by atoms with van der Waals surface area (Å²) < 4.78 is 1.67. The molecule has 1 aliphatic rings. The van der Waals surface area contributed by atoms with Gasteiger partial charge in [0.25, 0.3) is 0 Å². The second-order valence-electron chi connectivity index (χ2n) is 4.48. The van der Waals surface area contributed by atoms with Crippen molar-refractivity contribution in [3.05, 3.63) is 11.9 Å². The van der Waals surface area contributed by atoms with Crippen molar-refractivity contribution >= 4 is 17.5 Å². The average Bonchev–Trinajstić information content (AvgIpc) is 2.64. The number of anilines is 1. The van der Waals surface area contributed by atoms with Gasteiger partial charge in [0.05, 0.1) is 17.9 Å². The molecule has 6 nitrogen and oxygen atoms in total. The highest BCUT2D eigenvalue weighted by Crippen LogP contribution is 2.26. The van der Waals surface area contributed by atoms with Crippen LogP contribution in [0.4, 0.5) is 5.69 Å². The molecule has 0 aliphatic carbocycles. The molecule has 1 aliphatic heterocycles. The number of carbonyl (C=O) groups is 2. The number of aromatic nitrogens is 2. The van der Waals surface area contributed by atoms with Crippen LogP contribution in [0.15, 0.2) is 6.20 Å². The van der Waals surface area contributed by atoms with E-state index < -0.39 is 0 Å². The second-order valence-corrected chi connectivity index (χ2v) is 4.48. The van der Waals surface area contributed by atoms with Gasteiger partial charge in [0.15, 0.2) is 0 Å². The number of nitrogens with one attached hydrogen (secondary N) is 1. The number of hydrogen-bond donors (Lipinski definition) is 1. The number of amides is 2. The third-order valence-electron chi connectivity index (χ3n) is 2.71. The van der Waals surface area contributed by atoms with Gasteiger partial charge in [-0.1, -0.05) is 13.8 Å². The van der Waals surface area contributed by atoms with Gasteiger partial charge in [-0.05, 0) is 5.92 Å². The van der Waals surface area contributed by atoms with Crippen molar-refractivity contribution in [2.75, 3.05) is 18.0 Å². The Morgan fingerprint density at radius 1 is 1.41 bits per heavy atom. The summed E-state index contributed by atoms with van der Waals surface area (Å²) in [5.74, 6) is -0.0216. The van der Waals surface area contributed by atoms with E-state index in [2.05, 4.69) is 10.4 Å². The molecule has 0 radical (unpaired) electrons. The number of carbonyl (C=O) groups excluding carboxylic acids is 2. The van der Waals surface area contributed by atoms with E-state index in [1.807, 2.05) is 20.9 Å². The third kappa shape index (κ3) is 2.15. The van der Waals surface area contributed by atoms with Crippen LogP contribution in [0.25, 0.3) is 0 Å². The van der Waals surface area contributed by atoms with E-state index in [4.69, 9.17) is 0 Å². The summed E-state index contributed by atoms with van der Waals surface area (Å²) in [7, 11) is 1.81. The Hall–Kier alpha value is -1.85. The normalized spacial score (nSPS) is 16.6. The van der Waals surface area contributed by atoms with Gasteiger partial charge in [-0.15, -0.1) is 0 Å². The van der Waals surface area contributed by atoms with Gasteiger partial charge in [-0.25, -0.2) is 0 Å². The average molecular weight is 236 g/mol. The van der Waals surface area contributed by atoms with E-state index in [9.17, 15) is 9.59 Å². The molecule has 1 aromatic rings. The Balaban J connectivity index is 2.38. The van der Waals surface area contributed by atoms with Crippen molar-refractivity contribution in [2.24, 2.45) is 7.05 Å². The summed E-state index contributed by atoms with van der Waals surface area (Å²) in [6, 6.07) is 0. The molecule has 17 heavy (non-hydrogen) atoms. The van der Waals surface area contributed by atoms with Crippen molar-refractivity contribution in [2.45, 2.75) is 19.8 Å². The molecule has 0 unspecified atom stereocenters. The summed E-state index contributed by atoms with van der Waals surface area (Å²) in [4.78, 5) is 24.6. The van der Waals surface area contributed by atoms with Gasteiger partial charge in [0, 0.05) is 13.2 Å². The minimum Gasteiger partial charge on any atom is -0.345 e. The molecule has 6 heteroatoms. The maximum Gasteiger partial charge on any atom is 0.246 e. The standard InChI is InChI=1S/C11H16N4O2/c1-7(2)11-8(5-14(3)13-11)15-6-9(16)12-4-10(15)17/h5,7H,4,6H2,1-3H3,(H,12,16). The molecule has 2 amide bonds. The van der Waals surface area contributed by atoms with E-state index in [0.29, 0.717) is 0 Å². The first kappa shape index (κ1) is 11.6. The quantitative estimate of drug-likeness (QED) is 0.786. The highest BCUT2D eigenvalue weighted by molar-refractivity contribution is 6.04. The van der Waals surface area contributed by atoms with Crippen LogP contribution in [0.2, 0.25) is 0 Å². The molecule has 0 bridgehead atoms. The maximum atomic E-state index is 11.8. The molecule has 1 saturated heterocycles. The van der Waals surface area contributed by atoms with Gasteiger partial charge >= 0.3 is 0 Å². The lowest BCUT2D eigenvalue weighted by Crippen LogP contribution is -2.51. The van der Waals surface area contributed by atoms with Crippen molar-refractivity contribution in [1.82, 2.24) is 15.1 Å². The van der Waals surface area contributed by atoms with Gasteiger partial charge in [0.2, 0.25) is 11.8 Å². The molecular weight excluding hydrogens is 220 g/mol. The number of hydrogen-bond acceptors (Lipinski definition) is 3. The summed E-state index contributed by atoms with van der Waals surface area (Å²) >= 11 is 0. The number of rotatable bonds is 2. The molecule has 2 heterocycles. The first-order valence-electron chi connectivity index (χ1n) is 5.59. The highest BCUT2D eigenvalue weighted by atomic mass is 16.2. The van der Waals surface area contributed by atoms with E-state index in [1.165, 1.54) is 4.90 Å². The van der Waals surface area contributed by atoms with E-state index in [0.717, 1.165) is 11.4 Å². The minimum atomic E-state index is -0.136. The first-order chi connectivity index (χ1) is 7.99. The molecule has 0 saturated carbocycles. The fourth-order valence-corrected chi connectivity index (χ4v) is 1.89. The van der Waals surface area contributed by atoms with Crippen molar-refractivity contribution in [3.63, 3.8) is 0 Å². The fraction of sp³-hybridized carbons (Fsp3) is 0.545. The largest absolute Gasteiger partial charge is 0.345 e. The molecule has 1 N–H and O–H groups in total. The van der Waals surface area contributed by atoms with Gasteiger partial charge in [-0.3, -0.25) is 19.2 Å². The van der Waals surface area contributed by atoms with Crippen LogP contribution in [0, 0.1) is 0 Å². The summed E-state index contributed by atoms with van der Waals surface area (Å²) in [6.45, 7) is 4.16. The molecule has 92 valence electrons.